The molecule has 1 heterocycles. The molecule has 0 radical (unpaired) electrons. The van der Waals surface area contributed by atoms with Gasteiger partial charge in [-0.25, -0.2) is 0 Å². The van der Waals surface area contributed by atoms with Gasteiger partial charge in [0.1, 0.15) is 5.60 Å². The van der Waals surface area contributed by atoms with Crippen LogP contribution in [-0.4, -0.2) is 27.7 Å². The first kappa shape index (κ1) is 22.1. The van der Waals surface area contributed by atoms with Crippen molar-refractivity contribution in [3.05, 3.63) is 65.4 Å². The van der Waals surface area contributed by atoms with E-state index in [0.29, 0.717) is 11.5 Å². The highest BCUT2D eigenvalue weighted by Gasteiger charge is 2.32. The summed E-state index contributed by atoms with van der Waals surface area (Å²) in [6, 6.07) is 15.3. The fourth-order valence-electron chi connectivity index (χ4n) is 3.88. The number of hydrogen-bond acceptors (Lipinski definition) is 3. The lowest BCUT2D eigenvalue weighted by atomic mass is 9.81. The van der Waals surface area contributed by atoms with E-state index >= 15 is 0 Å². The van der Waals surface area contributed by atoms with E-state index < -0.39 is 5.60 Å². The number of nitrogens with one attached hydrogen (secondary N) is 2. The first-order valence-electron chi connectivity index (χ1n) is 11.3. The third kappa shape index (κ3) is 5.04. The van der Waals surface area contributed by atoms with Gasteiger partial charge in [-0.05, 0) is 80.3 Å². The van der Waals surface area contributed by atoms with Crippen molar-refractivity contribution in [1.82, 2.24) is 9.88 Å². The van der Waals surface area contributed by atoms with Crippen molar-refractivity contribution in [2.45, 2.75) is 45.3 Å². The summed E-state index contributed by atoms with van der Waals surface area (Å²) < 4.78 is 2.19. The molecule has 4 rings (SSSR count). The van der Waals surface area contributed by atoms with Crippen LogP contribution in [0, 0.1) is 17.8 Å². The largest absolute Gasteiger partial charge is 0.378 e. The Balaban J connectivity index is 1.42. The molecule has 1 saturated carbocycles. The molecule has 3 N–H and O–H groups in total. The lowest BCUT2D eigenvalue weighted by Crippen LogP contribution is -2.34. The minimum Gasteiger partial charge on any atom is -0.378 e. The lowest BCUT2D eigenvalue weighted by molar-refractivity contribution is 0.0239. The first-order chi connectivity index (χ1) is 15.3. The van der Waals surface area contributed by atoms with Crippen LogP contribution in [0.4, 0.5) is 5.69 Å². The van der Waals surface area contributed by atoms with E-state index in [2.05, 4.69) is 54.0 Å². The van der Waals surface area contributed by atoms with E-state index in [4.69, 9.17) is 0 Å². The van der Waals surface area contributed by atoms with Crippen LogP contribution in [0.3, 0.4) is 0 Å². The van der Waals surface area contributed by atoms with Crippen LogP contribution in [0.5, 0.6) is 0 Å². The van der Waals surface area contributed by atoms with Crippen molar-refractivity contribution in [1.29, 1.82) is 0 Å². The molecule has 1 aliphatic rings. The molecule has 2 aromatic carbocycles. The fraction of sp³-hybridized carbons (Fsp3) is 0.370. The highest BCUT2D eigenvalue weighted by molar-refractivity contribution is 6.05. The summed E-state index contributed by atoms with van der Waals surface area (Å²) in [5.74, 6) is 6.41. The number of nitrogens with zero attached hydrogens (tertiary/aromatic N) is 1. The van der Waals surface area contributed by atoms with E-state index in [1.54, 1.807) is 12.1 Å². The topological polar surface area (TPSA) is 66.3 Å². The number of aromatic nitrogens is 1. The molecular weight excluding hydrogens is 398 g/mol. The van der Waals surface area contributed by atoms with E-state index in [1.807, 2.05) is 30.3 Å². The number of aliphatic hydroxyl groups is 1. The Morgan fingerprint density at radius 1 is 1.16 bits per heavy atom. The van der Waals surface area contributed by atoms with Crippen LogP contribution in [0.25, 0.3) is 10.9 Å². The second-order valence-corrected chi connectivity index (χ2v) is 9.16. The third-order valence-electron chi connectivity index (χ3n) is 6.03. The van der Waals surface area contributed by atoms with Crippen molar-refractivity contribution in [3.63, 3.8) is 0 Å². The van der Waals surface area contributed by atoms with E-state index in [0.717, 1.165) is 54.5 Å². The number of rotatable bonds is 6. The van der Waals surface area contributed by atoms with Crippen LogP contribution in [0.15, 0.2) is 48.5 Å². The summed E-state index contributed by atoms with van der Waals surface area (Å²) in [7, 11) is 2.07. The maximum atomic E-state index is 12.7. The minimum atomic E-state index is -0.823. The zero-order valence-corrected chi connectivity index (χ0v) is 19.0. The van der Waals surface area contributed by atoms with Gasteiger partial charge in [-0.15, -0.1) is 0 Å². The van der Waals surface area contributed by atoms with Gasteiger partial charge in [0.05, 0.1) is 0 Å². The number of carbonyl (C=O) groups is 1. The van der Waals surface area contributed by atoms with E-state index in [1.165, 1.54) is 5.69 Å². The van der Waals surface area contributed by atoms with Crippen LogP contribution in [-0.2, 0) is 13.6 Å². The number of fused-ring (bicyclic) bond motifs is 1. The Hall–Kier alpha value is -3.07. The van der Waals surface area contributed by atoms with Gasteiger partial charge >= 0.3 is 0 Å². The Kier molecular flexibility index (Phi) is 6.36. The SMILES string of the molecule is CC(C)CNCc1cc2cc(NC(=O)c3ccc(C#CC4(O)CCC4)cc3)ccc2n1C. The number of hydrogen-bond donors (Lipinski definition) is 3. The second kappa shape index (κ2) is 9.20. The van der Waals surface area contributed by atoms with E-state index in [-0.39, 0.29) is 5.91 Å². The monoisotopic (exact) mass is 429 g/mol. The molecule has 32 heavy (non-hydrogen) atoms. The molecule has 1 amide bonds. The van der Waals surface area contributed by atoms with Crippen molar-refractivity contribution < 1.29 is 9.90 Å². The van der Waals surface area contributed by atoms with Gasteiger partial charge in [-0.1, -0.05) is 25.7 Å². The predicted octanol–water partition coefficient (Wildman–Crippen LogP) is 4.44. The average molecular weight is 430 g/mol. The van der Waals surface area contributed by atoms with Crippen molar-refractivity contribution in [2.24, 2.45) is 13.0 Å². The van der Waals surface area contributed by atoms with Gasteiger partial charge in [0.15, 0.2) is 0 Å². The lowest BCUT2D eigenvalue weighted by Gasteiger charge is -2.30. The Morgan fingerprint density at radius 2 is 1.91 bits per heavy atom. The molecule has 0 saturated heterocycles. The average Bonchev–Trinajstić information content (AvgIpc) is 3.06. The molecular formula is C27H31N3O2. The molecule has 166 valence electrons. The molecule has 5 nitrogen and oxygen atoms in total. The van der Waals surface area contributed by atoms with Crippen LogP contribution in [0.1, 0.15) is 54.7 Å². The summed E-state index contributed by atoms with van der Waals surface area (Å²) in [5.41, 5.74) is 3.67. The first-order valence-corrected chi connectivity index (χ1v) is 11.3. The number of anilines is 1. The van der Waals surface area contributed by atoms with Gasteiger partial charge in [-0.2, -0.15) is 0 Å². The Morgan fingerprint density at radius 3 is 2.56 bits per heavy atom. The summed E-state index contributed by atoms with van der Waals surface area (Å²) >= 11 is 0. The standard InChI is InChI=1S/C27H31N3O2/c1-19(2)17-28-18-24-16-22-15-23(9-10-25(22)30(24)3)29-26(31)21-7-5-20(6-8-21)11-14-27(32)12-4-13-27/h5-10,15-16,19,28,32H,4,12-13,17-18H2,1-3H3,(H,29,31). The summed E-state index contributed by atoms with van der Waals surface area (Å²) in [6.45, 7) is 6.19. The van der Waals surface area contributed by atoms with Crippen molar-refractivity contribution in [3.8, 4) is 11.8 Å². The van der Waals surface area contributed by atoms with Gasteiger partial charge < -0.3 is 20.3 Å². The van der Waals surface area contributed by atoms with E-state index in [9.17, 15) is 9.90 Å². The molecule has 3 aromatic rings. The van der Waals surface area contributed by atoms with Crippen LogP contribution < -0.4 is 10.6 Å². The van der Waals surface area contributed by atoms with Gasteiger partial charge in [0, 0.05) is 47.0 Å². The van der Waals surface area contributed by atoms with Gasteiger partial charge in [0.2, 0.25) is 0 Å². The summed E-state index contributed by atoms with van der Waals surface area (Å²) in [5, 5.41) is 17.7. The molecule has 0 aliphatic heterocycles. The normalized spacial score (nSPS) is 14.7. The summed E-state index contributed by atoms with van der Waals surface area (Å²) in [6.07, 6.45) is 2.50. The van der Waals surface area contributed by atoms with Crippen LogP contribution >= 0.6 is 0 Å². The van der Waals surface area contributed by atoms with Crippen molar-refractivity contribution >= 4 is 22.5 Å². The quantitative estimate of drug-likeness (QED) is 0.508. The number of amides is 1. The predicted molar refractivity (Wildman–Crippen MR) is 130 cm³/mol. The Labute approximate surface area is 189 Å². The zero-order chi connectivity index (χ0) is 22.7. The fourth-order valence-corrected chi connectivity index (χ4v) is 3.88. The maximum absolute atomic E-state index is 12.7. The molecule has 1 aliphatic carbocycles. The molecule has 1 aromatic heterocycles. The third-order valence-corrected chi connectivity index (χ3v) is 6.03. The smallest absolute Gasteiger partial charge is 0.255 e. The minimum absolute atomic E-state index is 0.156. The molecule has 0 bridgehead atoms. The van der Waals surface area contributed by atoms with Crippen molar-refractivity contribution in [2.75, 3.05) is 11.9 Å². The molecule has 0 unspecified atom stereocenters. The maximum Gasteiger partial charge on any atom is 0.255 e. The Bertz CT molecular complexity index is 1180. The molecule has 1 fully saturated rings. The summed E-state index contributed by atoms with van der Waals surface area (Å²) in [4.78, 5) is 12.7. The molecule has 0 atom stereocenters. The number of benzene rings is 2. The second-order valence-electron chi connectivity index (χ2n) is 9.16. The van der Waals surface area contributed by atoms with Crippen LogP contribution in [0.2, 0.25) is 0 Å². The van der Waals surface area contributed by atoms with Gasteiger partial charge in [-0.3, -0.25) is 4.79 Å². The highest BCUT2D eigenvalue weighted by Crippen LogP contribution is 2.30. The highest BCUT2D eigenvalue weighted by atomic mass is 16.3. The number of carbonyl (C=O) groups excluding carboxylic acids is 1. The van der Waals surface area contributed by atoms with Gasteiger partial charge in [0.25, 0.3) is 5.91 Å². The molecule has 0 spiro atoms. The number of aryl methyl sites for hydroxylation is 1. The zero-order valence-electron chi connectivity index (χ0n) is 19.0. The molecule has 5 heteroatoms.